The fourth-order valence-corrected chi connectivity index (χ4v) is 3.59. The first-order chi connectivity index (χ1) is 11.5. The lowest BCUT2D eigenvalue weighted by molar-refractivity contribution is -0.117. The van der Waals surface area contributed by atoms with Crippen LogP contribution in [0.5, 0.6) is 0 Å². The average Bonchev–Trinajstić information content (AvgIpc) is 2.98. The molecule has 1 fully saturated rings. The van der Waals surface area contributed by atoms with Gasteiger partial charge >= 0.3 is 6.03 Å². The Balaban J connectivity index is 1.72. The number of hydrogen-bond donors (Lipinski definition) is 3. The predicted octanol–water partition coefficient (Wildman–Crippen LogP) is 2.50. The Kier molecular flexibility index (Phi) is 7.08. The zero-order chi connectivity index (χ0) is 17.5. The zero-order valence-corrected chi connectivity index (χ0v) is 15.4. The van der Waals surface area contributed by atoms with Crippen LogP contribution in [0.15, 0.2) is 5.16 Å². The number of nitrogens with zero attached hydrogens (tertiary/aromatic N) is 2. The van der Waals surface area contributed by atoms with Gasteiger partial charge in [-0.3, -0.25) is 15.2 Å². The number of amides is 3. The van der Waals surface area contributed by atoms with Crippen LogP contribution in [0.1, 0.15) is 52.3 Å². The van der Waals surface area contributed by atoms with Crippen molar-refractivity contribution in [1.29, 1.82) is 0 Å². The topological polar surface area (TPSA) is 99.8 Å². The molecule has 0 saturated heterocycles. The molecule has 0 unspecified atom stereocenters. The van der Waals surface area contributed by atoms with Crippen LogP contribution in [-0.2, 0) is 11.2 Å². The number of carbonyl (C=O) groups is 2. The molecule has 3 amide bonds. The van der Waals surface area contributed by atoms with Gasteiger partial charge in [0.1, 0.15) is 5.82 Å². The van der Waals surface area contributed by atoms with Crippen LogP contribution in [0.25, 0.3) is 0 Å². The monoisotopic (exact) mass is 353 g/mol. The number of aromatic nitrogens is 3. The molecule has 1 heterocycles. The van der Waals surface area contributed by atoms with Crippen LogP contribution in [0.3, 0.4) is 0 Å². The van der Waals surface area contributed by atoms with Crippen molar-refractivity contribution >= 4 is 23.7 Å². The standard InChI is InChI=1S/C16H27N5O2S/c1-4-6-13-18-16(21-20-13)24-9-14(22)19-15(23)17-12-8-5-7-10(2)11(12)3/h10-12H,4-9H2,1-3H3,(H,18,20,21)(H2,17,19,22,23)/t10-,11-,12+/m0/s1. The van der Waals surface area contributed by atoms with Crippen molar-refractivity contribution in [1.82, 2.24) is 25.8 Å². The normalized spacial score (nSPS) is 23.7. The van der Waals surface area contributed by atoms with Crippen molar-refractivity contribution < 1.29 is 9.59 Å². The fraction of sp³-hybridized carbons (Fsp3) is 0.750. The van der Waals surface area contributed by atoms with Crippen molar-refractivity contribution in [3.05, 3.63) is 5.82 Å². The first-order valence-corrected chi connectivity index (χ1v) is 9.62. The third-order valence-electron chi connectivity index (χ3n) is 4.61. The molecule has 0 bridgehead atoms. The number of aryl methyl sites for hydroxylation is 1. The molecule has 3 N–H and O–H groups in total. The Labute approximate surface area is 147 Å². The van der Waals surface area contributed by atoms with Crippen molar-refractivity contribution in [3.8, 4) is 0 Å². The van der Waals surface area contributed by atoms with Gasteiger partial charge in [0, 0.05) is 12.5 Å². The van der Waals surface area contributed by atoms with Crippen molar-refractivity contribution in [3.63, 3.8) is 0 Å². The first kappa shape index (κ1) is 18.8. The van der Waals surface area contributed by atoms with Crippen LogP contribution < -0.4 is 10.6 Å². The molecule has 1 aliphatic rings. The molecule has 1 aromatic rings. The molecular formula is C16H27N5O2S. The van der Waals surface area contributed by atoms with E-state index in [0.29, 0.717) is 17.0 Å². The third-order valence-corrected chi connectivity index (χ3v) is 5.45. The lowest BCUT2D eigenvalue weighted by Crippen LogP contribution is -2.49. The van der Waals surface area contributed by atoms with E-state index in [0.717, 1.165) is 31.5 Å². The number of thioether (sulfide) groups is 1. The Hall–Kier alpha value is -1.57. The van der Waals surface area contributed by atoms with Crippen molar-refractivity contribution in [2.45, 2.75) is 64.1 Å². The number of hydrogen-bond acceptors (Lipinski definition) is 5. The highest BCUT2D eigenvalue weighted by Crippen LogP contribution is 2.29. The third kappa shape index (κ3) is 5.51. The molecule has 0 radical (unpaired) electrons. The fourth-order valence-electron chi connectivity index (χ4n) is 2.97. The maximum atomic E-state index is 12.0. The molecule has 0 aliphatic heterocycles. The number of carbonyl (C=O) groups excluding carboxylic acids is 2. The maximum Gasteiger partial charge on any atom is 0.321 e. The van der Waals surface area contributed by atoms with Gasteiger partial charge in [0.25, 0.3) is 0 Å². The van der Waals surface area contributed by atoms with Gasteiger partial charge in [-0.2, -0.15) is 0 Å². The summed E-state index contributed by atoms with van der Waals surface area (Å²) in [6.07, 6.45) is 5.11. The number of aromatic amines is 1. The van der Waals surface area contributed by atoms with Crippen molar-refractivity contribution in [2.75, 3.05) is 5.75 Å². The largest absolute Gasteiger partial charge is 0.335 e. The van der Waals surface area contributed by atoms with E-state index in [2.05, 4.69) is 46.6 Å². The lowest BCUT2D eigenvalue weighted by atomic mass is 9.78. The van der Waals surface area contributed by atoms with Gasteiger partial charge in [0.15, 0.2) is 0 Å². The Morgan fingerprint density at radius 2 is 2.12 bits per heavy atom. The summed E-state index contributed by atoms with van der Waals surface area (Å²) in [7, 11) is 0. The van der Waals surface area contributed by atoms with Gasteiger partial charge in [-0.25, -0.2) is 9.78 Å². The predicted molar refractivity (Wildman–Crippen MR) is 93.7 cm³/mol. The molecule has 134 valence electrons. The van der Waals surface area contributed by atoms with E-state index in [-0.39, 0.29) is 17.7 Å². The second-order valence-corrected chi connectivity index (χ2v) is 7.44. The Morgan fingerprint density at radius 1 is 1.33 bits per heavy atom. The lowest BCUT2D eigenvalue weighted by Gasteiger charge is -2.34. The van der Waals surface area contributed by atoms with Gasteiger partial charge < -0.3 is 5.32 Å². The number of nitrogens with one attached hydrogen (secondary N) is 3. The highest BCUT2D eigenvalue weighted by molar-refractivity contribution is 7.99. The average molecular weight is 353 g/mol. The maximum absolute atomic E-state index is 12.0. The number of imide groups is 1. The summed E-state index contributed by atoms with van der Waals surface area (Å²) in [6, 6.07) is -0.271. The van der Waals surface area contributed by atoms with E-state index in [1.54, 1.807) is 0 Å². The van der Waals surface area contributed by atoms with E-state index >= 15 is 0 Å². The molecule has 2 rings (SSSR count). The SMILES string of the molecule is CCCc1nc(SCC(=O)NC(=O)N[C@@H]2CCC[C@H](C)[C@@H]2C)n[nH]1. The molecular weight excluding hydrogens is 326 g/mol. The van der Waals surface area contributed by atoms with Gasteiger partial charge in [-0.05, 0) is 24.7 Å². The summed E-state index contributed by atoms with van der Waals surface area (Å²) < 4.78 is 0. The van der Waals surface area contributed by atoms with Crippen LogP contribution in [0.4, 0.5) is 4.79 Å². The summed E-state index contributed by atoms with van der Waals surface area (Å²) in [6.45, 7) is 6.43. The van der Waals surface area contributed by atoms with Crippen LogP contribution >= 0.6 is 11.8 Å². The summed E-state index contributed by atoms with van der Waals surface area (Å²) in [5.41, 5.74) is 0. The second kappa shape index (κ2) is 9.05. The highest BCUT2D eigenvalue weighted by Gasteiger charge is 2.28. The van der Waals surface area contributed by atoms with Gasteiger partial charge in [0.2, 0.25) is 11.1 Å². The van der Waals surface area contributed by atoms with Crippen LogP contribution in [0.2, 0.25) is 0 Å². The zero-order valence-electron chi connectivity index (χ0n) is 14.6. The quantitative estimate of drug-likeness (QED) is 0.682. The summed E-state index contributed by atoms with van der Waals surface area (Å²) >= 11 is 1.22. The summed E-state index contributed by atoms with van der Waals surface area (Å²) in [4.78, 5) is 28.2. The Morgan fingerprint density at radius 3 is 2.88 bits per heavy atom. The molecule has 0 aromatic carbocycles. The second-order valence-electron chi connectivity index (χ2n) is 6.50. The highest BCUT2D eigenvalue weighted by atomic mass is 32.2. The molecule has 0 spiro atoms. The van der Waals surface area contributed by atoms with E-state index in [1.807, 2.05) is 0 Å². The first-order valence-electron chi connectivity index (χ1n) is 8.64. The Bertz CT molecular complexity index is 562. The molecule has 1 aliphatic carbocycles. The smallest absolute Gasteiger partial charge is 0.321 e. The molecule has 3 atom stereocenters. The van der Waals surface area contributed by atoms with Gasteiger partial charge in [-0.1, -0.05) is 45.4 Å². The van der Waals surface area contributed by atoms with E-state index in [9.17, 15) is 9.59 Å². The van der Waals surface area contributed by atoms with Crippen LogP contribution in [0, 0.1) is 11.8 Å². The molecule has 24 heavy (non-hydrogen) atoms. The molecule has 8 heteroatoms. The molecule has 1 saturated carbocycles. The van der Waals surface area contributed by atoms with E-state index < -0.39 is 6.03 Å². The van der Waals surface area contributed by atoms with E-state index in [4.69, 9.17) is 0 Å². The van der Waals surface area contributed by atoms with Gasteiger partial charge in [0.05, 0.1) is 5.75 Å². The summed E-state index contributed by atoms with van der Waals surface area (Å²) in [5, 5.41) is 12.7. The molecule has 7 nitrogen and oxygen atoms in total. The minimum absolute atomic E-state index is 0.119. The summed E-state index contributed by atoms with van der Waals surface area (Å²) in [5.74, 6) is 1.62. The van der Waals surface area contributed by atoms with Crippen molar-refractivity contribution in [2.24, 2.45) is 11.8 Å². The number of urea groups is 1. The van der Waals surface area contributed by atoms with Gasteiger partial charge in [-0.15, -0.1) is 5.10 Å². The van der Waals surface area contributed by atoms with E-state index in [1.165, 1.54) is 18.2 Å². The van der Waals surface area contributed by atoms with Crippen LogP contribution in [-0.4, -0.2) is 38.9 Å². The molecule has 1 aromatic heterocycles. The minimum Gasteiger partial charge on any atom is -0.335 e. The number of H-pyrrole nitrogens is 1. The minimum atomic E-state index is -0.409. The number of rotatable bonds is 6.